The summed E-state index contributed by atoms with van der Waals surface area (Å²) in [6.45, 7) is 1.78. The van der Waals surface area contributed by atoms with E-state index < -0.39 is 0 Å². The van der Waals surface area contributed by atoms with Crippen LogP contribution < -0.4 is 9.80 Å². The lowest BCUT2D eigenvalue weighted by molar-refractivity contribution is -0.124. The second kappa shape index (κ2) is 6.15. The molecule has 7 heteroatoms. The summed E-state index contributed by atoms with van der Waals surface area (Å²) in [6.07, 6.45) is 3.84. The molecule has 0 unspecified atom stereocenters. The molecule has 6 nitrogen and oxygen atoms in total. The third kappa shape index (κ3) is 2.68. The molecule has 2 aliphatic rings. The molecule has 0 radical (unpaired) electrons. The Bertz CT molecular complexity index is 806. The molecule has 2 atom stereocenters. The zero-order valence-electron chi connectivity index (χ0n) is 14.4. The van der Waals surface area contributed by atoms with Gasteiger partial charge >= 0.3 is 0 Å². The molecule has 1 saturated heterocycles. The number of carbonyl (C=O) groups excluding carboxylic acids is 1. The van der Waals surface area contributed by atoms with Crippen LogP contribution in [-0.2, 0) is 16.6 Å². The highest BCUT2D eigenvalue weighted by atomic mass is 19.1. The monoisotopic (exact) mass is 344 g/mol. The predicted octanol–water partition coefficient (Wildman–Crippen LogP) is 2.12. The molecule has 25 heavy (non-hydrogen) atoms. The normalized spacial score (nSPS) is 23.0. The molecule has 3 heterocycles. The van der Waals surface area contributed by atoms with E-state index in [-0.39, 0.29) is 23.7 Å². The fourth-order valence-electron chi connectivity index (χ4n) is 3.70. The molecule has 0 aliphatic carbocycles. The minimum atomic E-state index is -0.357. The molecule has 0 bridgehead atoms. The molecule has 0 spiro atoms. The van der Waals surface area contributed by atoms with Gasteiger partial charge in [0.25, 0.3) is 0 Å². The standard InChI is InChI=1S/C18H21FN4O2/c1-21-8-9-23(15-11-12(19)3-4-14(15)21)18(24)13-5-10-25-16(13)17-20-6-7-22(17)2/h3-4,6-7,11,13,16H,5,8-10H2,1-2H3/t13-,16-/m1/s1. The van der Waals surface area contributed by atoms with E-state index >= 15 is 0 Å². The first-order valence-corrected chi connectivity index (χ1v) is 8.47. The Labute approximate surface area is 145 Å². The maximum absolute atomic E-state index is 13.8. The molecule has 132 valence electrons. The summed E-state index contributed by atoms with van der Waals surface area (Å²) in [5.74, 6) is 0.0886. The lowest BCUT2D eigenvalue weighted by Gasteiger charge is -2.37. The smallest absolute Gasteiger partial charge is 0.233 e. The molecule has 4 rings (SSSR count). The summed E-state index contributed by atoms with van der Waals surface area (Å²) < 4.78 is 21.5. The quantitative estimate of drug-likeness (QED) is 0.837. The van der Waals surface area contributed by atoms with Crippen LogP contribution in [-0.4, -0.2) is 42.2 Å². The topological polar surface area (TPSA) is 50.6 Å². The van der Waals surface area contributed by atoms with Crippen LogP contribution in [0.5, 0.6) is 0 Å². The zero-order chi connectivity index (χ0) is 17.6. The van der Waals surface area contributed by atoms with Crippen molar-refractivity contribution >= 4 is 17.3 Å². The van der Waals surface area contributed by atoms with Crippen LogP contribution in [0.4, 0.5) is 15.8 Å². The van der Waals surface area contributed by atoms with Gasteiger partial charge in [-0.05, 0) is 24.6 Å². The number of anilines is 2. The lowest BCUT2D eigenvalue weighted by atomic mass is 9.97. The Morgan fingerprint density at radius 1 is 1.28 bits per heavy atom. The molecule has 0 saturated carbocycles. The summed E-state index contributed by atoms with van der Waals surface area (Å²) in [4.78, 5) is 21.4. The van der Waals surface area contributed by atoms with E-state index in [9.17, 15) is 9.18 Å². The molecule has 1 fully saturated rings. The van der Waals surface area contributed by atoms with Gasteiger partial charge in [-0.25, -0.2) is 9.37 Å². The number of fused-ring (bicyclic) bond motifs is 1. The van der Waals surface area contributed by atoms with Gasteiger partial charge in [-0.2, -0.15) is 0 Å². The van der Waals surface area contributed by atoms with Crippen LogP contribution in [0, 0.1) is 11.7 Å². The number of halogens is 1. The highest BCUT2D eigenvalue weighted by molar-refractivity contribution is 5.99. The second-order valence-electron chi connectivity index (χ2n) is 6.63. The molecule has 0 N–H and O–H groups in total. The average molecular weight is 344 g/mol. The van der Waals surface area contributed by atoms with E-state index in [0.29, 0.717) is 31.8 Å². The van der Waals surface area contributed by atoms with E-state index in [1.54, 1.807) is 17.2 Å². The van der Waals surface area contributed by atoms with E-state index in [1.165, 1.54) is 12.1 Å². The third-order valence-corrected chi connectivity index (χ3v) is 5.09. The Balaban J connectivity index is 1.66. The maximum Gasteiger partial charge on any atom is 0.233 e. The number of aryl methyl sites for hydroxylation is 1. The van der Waals surface area contributed by atoms with E-state index in [1.807, 2.05) is 29.8 Å². The number of hydrogen-bond acceptors (Lipinski definition) is 4. The van der Waals surface area contributed by atoms with E-state index in [0.717, 1.165) is 11.5 Å². The zero-order valence-corrected chi connectivity index (χ0v) is 14.4. The molecule has 1 aromatic carbocycles. The van der Waals surface area contributed by atoms with Gasteiger partial charge in [-0.3, -0.25) is 4.79 Å². The largest absolute Gasteiger partial charge is 0.371 e. The number of carbonyl (C=O) groups is 1. The van der Waals surface area contributed by atoms with Crippen LogP contribution in [0.1, 0.15) is 18.3 Å². The summed E-state index contributed by atoms with van der Waals surface area (Å²) >= 11 is 0. The fraction of sp³-hybridized carbons (Fsp3) is 0.444. The van der Waals surface area contributed by atoms with Gasteiger partial charge in [0, 0.05) is 46.2 Å². The Hall–Kier alpha value is -2.41. The van der Waals surface area contributed by atoms with Crippen molar-refractivity contribution in [1.29, 1.82) is 0 Å². The Morgan fingerprint density at radius 2 is 2.12 bits per heavy atom. The minimum absolute atomic E-state index is 0.0227. The van der Waals surface area contributed by atoms with Gasteiger partial charge in [0.15, 0.2) is 0 Å². The summed E-state index contributed by atoms with van der Waals surface area (Å²) in [5, 5.41) is 0. The SMILES string of the molecule is CN1CCN(C(=O)[C@@H]2CCO[C@H]2c2nccn2C)c2cc(F)ccc21. The number of amides is 1. The van der Waals surface area contributed by atoms with Crippen molar-refractivity contribution in [3.63, 3.8) is 0 Å². The molecular weight excluding hydrogens is 323 g/mol. The Kier molecular flexibility index (Phi) is 3.95. The van der Waals surface area contributed by atoms with Crippen molar-refractivity contribution in [2.45, 2.75) is 12.5 Å². The van der Waals surface area contributed by atoms with Crippen molar-refractivity contribution in [2.24, 2.45) is 13.0 Å². The lowest BCUT2D eigenvalue weighted by Crippen LogP contribution is -2.45. The Morgan fingerprint density at radius 3 is 2.88 bits per heavy atom. The number of likely N-dealkylation sites (N-methyl/N-ethyl adjacent to an activating group) is 1. The number of benzene rings is 1. The fourth-order valence-corrected chi connectivity index (χ4v) is 3.70. The highest BCUT2D eigenvalue weighted by Crippen LogP contribution is 2.39. The van der Waals surface area contributed by atoms with Gasteiger partial charge in [0.2, 0.25) is 5.91 Å². The first-order valence-electron chi connectivity index (χ1n) is 8.47. The number of rotatable bonds is 2. The van der Waals surface area contributed by atoms with Crippen molar-refractivity contribution in [1.82, 2.24) is 9.55 Å². The van der Waals surface area contributed by atoms with E-state index in [2.05, 4.69) is 4.98 Å². The van der Waals surface area contributed by atoms with Crippen molar-refractivity contribution < 1.29 is 13.9 Å². The highest BCUT2D eigenvalue weighted by Gasteiger charge is 2.41. The van der Waals surface area contributed by atoms with Crippen LogP contribution in [0.3, 0.4) is 0 Å². The minimum Gasteiger partial charge on any atom is -0.371 e. The molecule has 2 aromatic rings. The van der Waals surface area contributed by atoms with Gasteiger partial charge in [-0.1, -0.05) is 0 Å². The predicted molar refractivity (Wildman–Crippen MR) is 92.0 cm³/mol. The van der Waals surface area contributed by atoms with Gasteiger partial charge in [-0.15, -0.1) is 0 Å². The van der Waals surface area contributed by atoms with Gasteiger partial charge in [0.05, 0.1) is 17.3 Å². The number of imidazole rings is 1. The van der Waals surface area contributed by atoms with Gasteiger partial charge < -0.3 is 19.1 Å². The molecule has 2 aliphatic heterocycles. The molecule has 1 amide bonds. The number of nitrogens with zero attached hydrogens (tertiary/aromatic N) is 4. The van der Waals surface area contributed by atoms with Crippen LogP contribution in [0.25, 0.3) is 0 Å². The van der Waals surface area contributed by atoms with Crippen LogP contribution >= 0.6 is 0 Å². The van der Waals surface area contributed by atoms with E-state index in [4.69, 9.17) is 4.74 Å². The third-order valence-electron chi connectivity index (χ3n) is 5.09. The van der Waals surface area contributed by atoms with Gasteiger partial charge in [0.1, 0.15) is 17.7 Å². The summed E-state index contributed by atoms with van der Waals surface area (Å²) in [7, 11) is 3.85. The number of ether oxygens (including phenoxy) is 1. The average Bonchev–Trinajstić information content (AvgIpc) is 3.22. The van der Waals surface area contributed by atoms with Crippen LogP contribution in [0.2, 0.25) is 0 Å². The second-order valence-corrected chi connectivity index (χ2v) is 6.63. The first kappa shape index (κ1) is 16.1. The van der Waals surface area contributed by atoms with Crippen molar-refractivity contribution in [3.8, 4) is 0 Å². The number of hydrogen-bond donors (Lipinski definition) is 0. The maximum atomic E-state index is 13.8. The first-order chi connectivity index (χ1) is 12.1. The number of aromatic nitrogens is 2. The summed E-state index contributed by atoms with van der Waals surface area (Å²) in [5.41, 5.74) is 1.50. The van der Waals surface area contributed by atoms with Crippen LogP contribution in [0.15, 0.2) is 30.6 Å². The molecular formula is C18H21FN4O2. The van der Waals surface area contributed by atoms with Crippen molar-refractivity contribution in [3.05, 3.63) is 42.2 Å². The summed E-state index contributed by atoms with van der Waals surface area (Å²) in [6, 6.07) is 4.60. The van der Waals surface area contributed by atoms with Crippen molar-refractivity contribution in [2.75, 3.05) is 36.5 Å². The molecule has 1 aromatic heterocycles.